The molecule has 0 aliphatic rings. The van der Waals surface area contributed by atoms with E-state index in [-0.39, 0.29) is 11.1 Å². The predicted octanol–water partition coefficient (Wildman–Crippen LogP) is 3.42. The number of rotatable bonds is 7. The van der Waals surface area contributed by atoms with Crippen molar-refractivity contribution in [1.82, 2.24) is 0 Å². The van der Waals surface area contributed by atoms with Gasteiger partial charge in [0.15, 0.2) is 5.78 Å². The third-order valence-corrected chi connectivity index (χ3v) is 3.51. The lowest BCUT2D eigenvalue weighted by molar-refractivity contribution is -0.394. The average Bonchev–Trinajstić information content (AvgIpc) is 2.65. The Hall–Kier alpha value is -3.75. The van der Waals surface area contributed by atoms with E-state index in [1.54, 1.807) is 12.1 Å². The molecule has 2 aromatic carbocycles. The van der Waals surface area contributed by atoms with E-state index in [0.717, 1.165) is 18.2 Å². The standard InChI is InChI=1S/C17H14N2O7/c1-25-13-6-8-17(26-2)14(10-13)16(20)7-4-11-3-5-12(18(21)22)9-15(11)19(23)24/h3-10H,1-2H3. The van der Waals surface area contributed by atoms with Crippen LogP contribution in [-0.2, 0) is 0 Å². The number of nitrogens with zero attached hydrogens (tertiary/aromatic N) is 2. The Bertz CT molecular complexity index is 906. The molecule has 0 heterocycles. The molecule has 2 aromatic rings. The highest BCUT2D eigenvalue weighted by atomic mass is 16.6. The monoisotopic (exact) mass is 358 g/mol. The molecular formula is C17H14N2O7. The first-order valence-corrected chi connectivity index (χ1v) is 7.24. The molecule has 9 heteroatoms. The van der Waals surface area contributed by atoms with Gasteiger partial charge in [0.05, 0.1) is 41.3 Å². The van der Waals surface area contributed by atoms with E-state index in [1.807, 2.05) is 0 Å². The minimum atomic E-state index is -0.747. The molecule has 0 N–H and O–H groups in total. The highest BCUT2D eigenvalue weighted by Crippen LogP contribution is 2.27. The smallest absolute Gasteiger partial charge is 0.283 e. The second kappa shape index (κ2) is 7.88. The Morgan fingerprint density at radius 2 is 1.73 bits per heavy atom. The molecule has 0 aliphatic carbocycles. The van der Waals surface area contributed by atoms with Gasteiger partial charge in [-0.05, 0) is 36.4 Å². The van der Waals surface area contributed by atoms with E-state index in [2.05, 4.69) is 0 Å². The number of allylic oxidation sites excluding steroid dienone is 1. The number of nitro groups is 2. The van der Waals surface area contributed by atoms with Gasteiger partial charge in [0, 0.05) is 6.07 Å². The average molecular weight is 358 g/mol. The number of ether oxygens (including phenoxy) is 2. The predicted molar refractivity (Wildman–Crippen MR) is 92.7 cm³/mol. The summed E-state index contributed by atoms with van der Waals surface area (Å²) in [5.41, 5.74) is -0.598. The van der Waals surface area contributed by atoms with Gasteiger partial charge in [0.2, 0.25) is 0 Å². The van der Waals surface area contributed by atoms with Crippen molar-refractivity contribution < 1.29 is 24.1 Å². The Morgan fingerprint density at radius 1 is 1.00 bits per heavy atom. The van der Waals surface area contributed by atoms with E-state index in [4.69, 9.17) is 9.47 Å². The fourth-order valence-electron chi connectivity index (χ4n) is 2.21. The van der Waals surface area contributed by atoms with Crippen LogP contribution in [0.2, 0.25) is 0 Å². The minimum Gasteiger partial charge on any atom is -0.497 e. The van der Waals surface area contributed by atoms with Gasteiger partial charge in [-0.1, -0.05) is 0 Å². The van der Waals surface area contributed by atoms with Crippen LogP contribution in [0.4, 0.5) is 11.4 Å². The van der Waals surface area contributed by atoms with Gasteiger partial charge < -0.3 is 9.47 Å². The molecule has 26 heavy (non-hydrogen) atoms. The van der Waals surface area contributed by atoms with Crippen molar-refractivity contribution in [3.05, 3.63) is 73.8 Å². The highest BCUT2D eigenvalue weighted by Gasteiger charge is 2.18. The maximum absolute atomic E-state index is 12.4. The third-order valence-electron chi connectivity index (χ3n) is 3.51. The maximum atomic E-state index is 12.4. The second-order valence-electron chi connectivity index (χ2n) is 5.02. The molecule has 0 bridgehead atoms. The Balaban J connectivity index is 2.39. The van der Waals surface area contributed by atoms with Crippen molar-refractivity contribution in [2.75, 3.05) is 14.2 Å². The zero-order valence-electron chi connectivity index (χ0n) is 13.9. The highest BCUT2D eigenvalue weighted by molar-refractivity contribution is 6.09. The number of ketones is 1. The molecule has 0 unspecified atom stereocenters. The molecule has 0 atom stereocenters. The summed E-state index contributed by atoms with van der Waals surface area (Å²) in [6.07, 6.45) is 2.36. The molecule has 0 aromatic heterocycles. The van der Waals surface area contributed by atoms with Gasteiger partial charge in [-0.3, -0.25) is 25.0 Å². The van der Waals surface area contributed by atoms with Crippen molar-refractivity contribution in [2.24, 2.45) is 0 Å². The molecule has 0 saturated carbocycles. The van der Waals surface area contributed by atoms with Crippen molar-refractivity contribution in [2.45, 2.75) is 0 Å². The van der Waals surface area contributed by atoms with Crippen LogP contribution in [0, 0.1) is 20.2 Å². The summed E-state index contributed by atoms with van der Waals surface area (Å²) >= 11 is 0. The van der Waals surface area contributed by atoms with Gasteiger partial charge in [-0.25, -0.2) is 0 Å². The van der Waals surface area contributed by atoms with Crippen LogP contribution in [0.15, 0.2) is 42.5 Å². The molecule has 0 aliphatic heterocycles. The van der Waals surface area contributed by atoms with Gasteiger partial charge >= 0.3 is 0 Å². The molecule has 0 radical (unpaired) electrons. The Kier molecular flexibility index (Phi) is 5.63. The van der Waals surface area contributed by atoms with Crippen LogP contribution < -0.4 is 9.47 Å². The first-order chi connectivity index (χ1) is 12.4. The van der Waals surface area contributed by atoms with Crippen molar-refractivity contribution in [1.29, 1.82) is 0 Å². The summed E-state index contributed by atoms with van der Waals surface area (Å²) in [4.78, 5) is 32.8. The quantitative estimate of drug-likeness (QED) is 0.322. The number of hydrogen-bond acceptors (Lipinski definition) is 7. The van der Waals surface area contributed by atoms with E-state index in [1.165, 1.54) is 32.4 Å². The maximum Gasteiger partial charge on any atom is 0.283 e. The molecular weight excluding hydrogens is 344 g/mol. The molecule has 2 rings (SSSR count). The SMILES string of the molecule is COc1ccc(OC)c(C(=O)C=Cc2ccc([N+](=O)[O-])cc2[N+](=O)[O-])c1. The van der Waals surface area contributed by atoms with Crippen LogP contribution in [0.1, 0.15) is 15.9 Å². The summed E-state index contributed by atoms with van der Waals surface area (Å²) < 4.78 is 10.2. The molecule has 0 saturated heterocycles. The van der Waals surface area contributed by atoms with Crippen LogP contribution in [0.3, 0.4) is 0 Å². The number of benzene rings is 2. The zero-order valence-corrected chi connectivity index (χ0v) is 13.9. The van der Waals surface area contributed by atoms with E-state index >= 15 is 0 Å². The van der Waals surface area contributed by atoms with Crippen molar-refractivity contribution in [3.8, 4) is 11.5 Å². The largest absolute Gasteiger partial charge is 0.497 e. The van der Waals surface area contributed by atoms with E-state index in [0.29, 0.717) is 11.5 Å². The minimum absolute atomic E-state index is 0.0656. The summed E-state index contributed by atoms with van der Waals surface area (Å²) in [6, 6.07) is 7.85. The van der Waals surface area contributed by atoms with Crippen molar-refractivity contribution in [3.63, 3.8) is 0 Å². The molecule has 134 valence electrons. The number of carbonyl (C=O) groups excluding carboxylic acids is 1. The van der Waals surface area contributed by atoms with Crippen LogP contribution in [0.5, 0.6) is 11.5 Å². The summed E-state index contributed by atoms with van der Waals surface area (Å²) in [6.45, 7) is 0. The summed E-state index contributed by atoms with van der Waals surface area (Å²) in [5.74, 6) is 0.302. The van der Waals surface area contributed by atoms with Gasteiger partial charge in [-0.15, -0.1) is 0 Å². The first-order valence-electron chi connectivity index (χ1n) is 7.24. The molecule has 0 spiro atoms. The zero-order chi connectivity index (χ0) is 19.3. The lowest BCUT2D eigenvalue weighted by Gasteiger charge is -2.07. The van der Waals surface area contributed by atoms with Crippen molar-refractivity contribution >= 4 is 23.2 Å². The molecule has 0 fully saturated rings. The number of hydrogen-bond donors (Lipinski definition) is 0. The van der Waals surface area contributed by atoms with Gasteiger partial charge in [-0.2, -0.15) is 0 Å². The number of non-ortho nitro benzene ring substituents is 1. The van der Waals surface area contributed by atoms with Gasteiger partial charge in [0.1, 0.15) is 11.5 Å². The Labute approximate surface area is 147 Å². The van der Waals surface area contributed by atoms with E-state index < -0.39 is 27.0 Å². The first kappa shape index (κ1) is 18.6. The number of carbonyl (C=O) groups is 1. The summed E-state index contributed by atoms with van der Waals surface area (Å²) in [7, 11) is 2.86. The fourth-order valence-corrected chi connectivity index (χ4v) is 2.21. The summed E-state index contributed by atoms with van der Waals surface area (Å²) in [5, 5.41) is 21.9. The van der Waals surface area contributed by atoms with Crippen LogP contribution in [0.25, 0.3) is 6.08 Å². The fraction of sp³-hybridized carbons (Fsp3) is 0.118. The van der Waals surface area contributed by atoms with E-state index in [9.17, 15) is 25.0 Å². The third kappa shape index (κ3) is 4.01. The lowest BCUT2D eigenvalue weighted by atomic mass is 10.1. The Morgan fingerprint density at radius 3 is 2.31 bits per heavy atom. The normalized spacial score (nSPS) is 10.5. The topological polar surface area (TPSA) is 122 Å². The van der Waals surface area contributed by atoms with Gasteiger partial charge in [0.25, 0.3) is 11.4 Å². The van der Waals surface area contributed by atoms with Crippen LogP contribution >= 0.6 is 0 Å². The number of nitro benzene ring substituents is 2. The number of methoxy groups -OCH3 is 2. The van der Waals surface area contributed by atoms with Crippen LogP contribution in [-0.4, -0.2) is 29.8 Å². The molecule has 9 nitrogen and oxygen atoms in total. The second-order valence-corrected chi connectivity index (χ2v) is 5.02. The lowest BCUT2D eigenvalue weighted by Crippen LogP contribution is -2.00. The molecule has 0 amide bonds.